The molecule has 4 aromatic carbocycles. The molecule has 1 fully saturated rings. The van der Waals surface area contributed by atoms with Crippen LogP contribution < -0.4 is 26.0 Å². The summed E-state index contributed by atoms with van der Waals surface area (Å²) in [5.74, 6) is -0.201. The van der Waals surface area contributed by atoms with Crippen LogP contribution in [0.25, 0.3) is 11.3 Å². The molecule has 70 heavy (non-hydrogen) atoms. The van der Waals surface area contributed by atoms with Crippen molar-refractivity contribution in [2.75, 3.05) is 53.0 Å². The number of carbonyl (C=O) groups excluding carboxylic acids is 4. The van der Waals surface area contributed by atoms with E-state index in [1.165, 1.54) is 5.56 Å². The molecule has 0 bridgehead atoms. The molecule has 3 aliphatic rings. The van der Waals surface area contributed by atoms with Crippen molar-refractivity contribution in [1.29, 1.82) is 0 Å². The number of aryl methyl sites for hydroxylation is 1. The summed E-state index contributed by atoms with van der Waals surface area (Å²) in [6.45, 7) is 12.0. The molecule has 4 amide bonds. The molecule has 0 spiro atoms. The minimum absolute atomic E-state index is 0.0772. The Balaban J connectivity index is 0.873. The Morgan fingerprint density at radius 1 is 0.871 bits per heavy atom. The lowest BCUT2D eigenvalue weighted by Crippen LogP contribution is -2.62. The van der Waals surface area contributed by atoms with E-state index < -0.39 is 23.5 Å². The fourth-order valence-electron chi connectivity index (χ4n) is 9.89. The number of carbonyl (C=O) groups is 4. The Kier molecular flexibility index (Phi) is 16.5. The van der Waals surface area contributed by atoms with Crippen molar-refractivity contribution in [2.24, 2.45) is 5.41 Å². The molecule has 0 radical (unpaired) electrons. The second-order valence-electron chi connectivity index (χ2n) is 20.1. The van der Waals surface area contributed by atoms with Crippen LogP contribution in [0, 0.1) is 5.41 Å². The van der Waals surface area contributed by atoms with E-state index in [1.807, 2.05) is 99.6 Å². The van der Waals surface area contributed by atoms with Gasteiger partial charge in [0.25, 0.3) is 5.91 Å². The molecule has 14 heteroatoms. The molecule has 4 N–H and O–H groups in total. The van der Waals surface area contributed by atoms with E-state index in [1.54, 1.807) is 30.2 Å². The minimum Gasteiger partial charge on any atom is -0.491 e. The van der Waals surface area contributed by atoms with Crippen molar-refractivity contribution in [2.45, 2.75) is 102 Å². The van der Waals surface area contributed by atoms with E-state index in [2.05, 4.69) is 55.8 Å². The number of nitrogens with zero attached hydrogens (tertiary/aromatic N) is 3. The third kappa shape index (κ3) is 12.1. The zero-order valence-electron chi connectivity index (χ0n) is 41.3. The van der Waals surface area contributed by atoms with Gasteiger partial charge in [-0.15, -0.1) is 11.3 Å². The maximum absolute atomic E-state index is 14.8. The van der Waals surface area contributed by atoms with Crippen molar-refractivity contribution in [3.05, 3.63) is 141 Å². The monoisotopic (exact) mass is 968 g/mol. The van der Waals surface area contributed by atoms with Crippen LogP contribution in [0.5, 0.6) is 5.75 Å². The number of benzene rings is 4. The van der Waals surface area contributed by atoms with Gasteiger partial charge in [0.05, 0.1) is 31.0 Å². The minimum atomic E-state index is -0.870. The summed E-state index contributed by atoms with van der Waals surface area (Å²) in [6.07, 6.45) is 4.82. The molecule has 0 unspecified atom stereocenters. The summed E-state index contributed by atoms with van der Waals surface area (Å²) in [4.78, 5) is 64.8. The van der Waals surface area contributed by atoms with Crippen molar-refractivity contribution >= 4 is 35.0 Å². The van der Waals surface area contributed by atoms with Crippen LogP contribution in [0.3, 0.4) is 0 Å². The summed E-state index contributed by atoms with van der Waals surface area (Å²) in [6, 6.07) is 31.4. The lowest BCUT2D eigenvalue weighted by Gasteiger charge is -2.41. The number of likely N-dealkylation sites (N-methyl/N-ethyl adjacent to an activating group) is 1. The number of likely N-dealkylation sites (tertiary alicyclic amines) is 1. The molecule has 13 nitrogen and oxygen atoms in total. The van der Waals surface area contributed by atoms with E-state index in [0.29, 0.717) is 44.1 Å². The first-order chi connectivity index (χ1) is 33.8. The van der Waals surface area contributed by atoms with Gasteiger partial charge in [-0.1, -0.05) is 99.6 Å². The Morgan fingerprint density at radius 2 is 1.60 bits per heavy atom. The van der Waals surface area contributed by atoms with Gasteiger partial charge in [0.1, 0.15) is 29.4 Å². The quantitative estimate of drug-likeness (QED) is 0.0666. The number of piperidine rings is 1. The van der Waals surface area contributed by atoms with E-state index in [-0.39, 0.29) is 41.6 Å². The van der Waals surface area contributed by atoms with Gasteiger partial charge >= 0.3 is 0 Å². The third-order valence-corrected chi connectivity index (χ3v) is 15.4. The molecule has 4 atom stereocenters. The van der Waals surface area contributed by atoms with E-state index in [4.69, 9.17) is 14.5 Å². The summed E-state index contributed by atoms with van der Waals surface area (Å²) >= 11 is 1.67. The molecule has 1 aliphatic carbocycles. The molecule has 3 heterocycles. The van der Waals surface area contributed by atoms with Gasteiger partial charge in [0.15, 0.2) is 0 Å². The SMILES string of the molecule is CN[C@@H](C)C(=O)N[C@H](C(=O)N1Cc2cc(OCCOCCN3CCC(CNC(=O)c4ccccc4)(c4nc(-c5ccccc5)cs4)CC3)ccc2C[C@H]1C(=O)N[C@@H]1CCCc2ccccc21)C(C)(C)C. The Bertz CT molecular complexity index is 2570. The Morgan fingerprint density at radius 3 is 2.34 bits per heavy atom. The number of thiazole rings is 1. The van der Waals surface area contributed by atoms with Gasteiger partial charge in [-0.25, -0.2) is 4.98 Å². The first-order valence-electron chi connectivity index (χ1n) is 24.9. The fraction of sp³-hybridized carbons (Fsp3) is 0.446. The van der Waals surface area contributed by atoms with Gasteiger partial charge in [0, 0.05) is 48.0 Å². The lowest BCUT2D eigenvalue weighted by atomic mass is 9.78. The lowest BCUT2D eigenvalue weighted by molar-refractivity contribution is -0.147. The van der Waals surface area contributed by atoms with Crippen molar-refractivity contribution in [3.63, 3.8) is 0 Å². The van der Waals surface area contributed by atoms with E-state index in [9.17, 15) is 19.2 Å². The van der Waals surface area contributed by atoms with Crippen LogP contribution >= 0.6 is 11.3 Å². The first kappa shape index (κ1) is 50.5. The highest BCUT2D eigenvalue weighted by molar-refractivity contribution is 7.10. The highest BCUT2D eigenvalue weighted by atomic mass is 32.1. The zero-order chi connectivity index (χ0) is 49.3. The van der Waals surface area contributed by atoms with E-state index >= 15 is 0 Å². The normalized spacial score (nSPS) is 18.7. The van der Waals surface area contributed by atoms with Crippen LogP contribution in [0.15, 0.2) is 109 Å². The largest absolute Gasteiger partial charge is 0.491 e. The number of amides is 4. The molecule has 1 saturated heterocycles. The molecular formula is C56H69N7O6S. The summed E-state index contributed by atoms with van der Waals surface area (Å²) < 4.78 is 12.3. The van der Waals surface area contributed by atoms with E-state index in [0.717, 1.165) is 84.7 Å². The first-order valence-corrected chi connectivity index (χ1v) is 25.8. The van der Waals surface area contributed by atoms with Crippen LogP contribution in [0.1, 0.15) is 97.0 Å². The van der Waals surface area contributed by atoms with Crippen LogP contribution in [-0.2, 0) is 43.9 Å². The molecule has 370 valence electrons. The zero-order valence-corrected chi connectivity index (χ0v) is 42.1. The number of ether oxygens (including phenoxy) is 2. The Labute approximate surface area is 417 Å². The smallest absolute Gasteiger partial charge is 0.251 e. The predicted molar refractivity (Wildman–Crippen MR) is 275 cm³/mol. The van der Waals surface area contributed by atoms with Crippen molar-refractivity contribution in [1.82, 2.24) is 36.1 Å². The predicted octanol–water partition coefficient (Wildman–Crippen LogP) is 7.26. The molecular weight excluding hydrogens is 899 g/mol. The fourth-order valence-corrected chi connectivity index (χ4v) is 11.0. The molecule has 2 aliphatic heterocycles. The average Bonchev–Trinajstić information content (AvgIpc) is 3.89. The second-order valence-corrected chi connectivity index (χ2v) is 21.0. The second kappa shape index (κ2) is 22.9. The summed E-state index contributed by atoms with van der Waals surface area (Å²) in [7, 11) is 1.71. The van der Waals surface area contributed by atoms with Crippen molar-refractivity contribution in [3.8, 4) is 17.0 Å². The van der Waals surface area contributed by atoms with Crippen molar-refractivity contribution < 1.29 is 28.7 Å². The number of hydrogen-bond donors (Lipinski definition) is 4. The highest BCUT2D eigenvalue weighted by Crippen LogP contribution is 2.39. The molecule has 5 aromatic rings. The number of nitrogens with one attached hydrogen (secondary N) is 4. The van der Waals surface area contributed by atoms with Gasteiger partial charge in [-0.05, 0) is 111 Å². The Hall–Kier alpha value is -5.93. The van der Waals surface area contributed by atoms with Gasteiger partial charge in [-0.3, -0.25) is 19.2 Å². The molecule has 8 rings (SSSR count). The molecule has 0 saturated carbocycles. The summed E-state index contributed by atoms with van der Waals surface area (Å²) in [5, 5.41) is 15.7. The molecule has 1 aromatic heterocycles. The number of fused-ring (bicyclic) bond motifs is 2. The number of rotatable bonds is 18. The van der Waals surface area contributed by atoms with Crippen LogP contribution in [0.2, 0.25) is 0 Å². The van der Waals surface area contributed by atoms with Crippen LogP contribution in [-0.4, -0.2) is 110 Å². The topological polar surface area (TPSA) is 154 Å². The number of hydrogen-bond acceptors (Lipinski definition) is 10. The number of aromatic nitrogens is 1. The van der Waals surface area contributed by atoms with Crippen LogP contribution in [0.4, 0.5) is 0 Å². The summed E-state index contributed by atoms with van der Waals surface area (Å²) in [5.41, 5.74) is 6.03. The van der Waals surface area contributed by atoms with Gasteiger partial charge in [0.2, 0.25) is 17.7 Å². The van der Waals surface area contributed by atoms with Gasteiger partial charge in [-0.2, -0.15) is 0 Å². The maximum Gasteiger partial charge on any atom is 0.251 e. The maximum atomic E-state index is 14.8. The average molecular weight is 968 g/mol. The highest BCUT2D eigenvalue weighted by Gasteiger charge is 2.43. The van der Waals surface area contributed by atoms with Gasteiger partial charge < -0.3 is 40.5 Å². The standard InChI is InChI=1S/C56H69N7O6S/c1-38(57-5)50(64)61-49(55(2,3)4)53(67)63-35-43-33-44(24-23-42(43)34-48(63)52(66)59-46-22-14-20-39-15-12-13-21-45(39)46)69-32-31-68-30-29-62-27-25-56(26-28-62,37-58-51(65)41-18-10-7-11-19-41)54-60-47(36-70-54)40-16-8-6-9-17-40/h6-13,15-19,21,23-24,33,36,38,46,48-49,57H,14,20,22,25-32,34-35,37H2,1-5H3,(H,58,65)(H,59,66)(H,61,64)/t38-,46+,48-,49+/m0/s1. The third-order valence-electron chi connectivity index (χ3n) is 14.3.